The van der Waals surface area contributed by atoms with Crippen molar-refractivity contribution in [3.05, 3.63) is 47.1 Å². The standard InChI is InChI=1S/C24H36O4/c1-17-9-7-11-18(2)13-14-23(20(4)16-27-21(5)25)24(28-22(6)26)15-19(3)12-8-10-17/h10-11,15,23-24H,4,7-9,12-14,16H2,1-3,5-6H3/b17-10+,18-11+,19-15+/t23-,24-/m0/s1. The number of carbonyl (C=O) groups is 2. The molecule has 0 spiro atoms. The van der Waals surface area contributed by atoms with E-state index in [9.17, 15) is 9.59 Å². The number of ether oxygens (including phenoxy) is 2. The molecule has 4 heteroatoms. The first-order valence-electron chi connectivity index (χ1n) is 10.2. The van der Waals surface area contributed by atoms with E-state index in [1.54, 1.807) is 0 Å². The van der Waals surface area contributed by atoms with Crippen LogP contribution in [0.5, 0.6) is 0 Å². The summed E-state index contributed by atoms with van der Waals surface area (Å²) in [6, 6.07) is 0. The molecule has 0 radical (unpaired) electrons. The molecule has 0 aliphatic heterocycles. The lowest BCUT2D eigenvalue weighted by atomic mass is 9.86. The number of hydrogen-bond acceptors (Lipinski definition) is 4. The number of rotatable bonds is 4. The largest absolute Gasteiger partial charge is 0.461 e. The van der Waals surface area contributed by atoms with Gasteiger partial charge in [0.1, 0.15) is 12.7 Å². The van der Waals surface area contributed by atoms with E-state index in [4.69, 9.17) is 9.47 Å². The molecule has 2 atom stereocenters. The molecule has 1 aliphatic carbocycles. The second kappa shape index (κ2) is 12.4. The first kappa shape index (κ1) is 23.9. The molecule has 0 N–H and O–H groups in total. The number of hydrogen-bond donors (Lipinski definition) is 0. The summed E-state index contributed by atoms with van der Waals surface area (Å²) in [6.45, 7) is 13.5. The fraction of sp³-hybridized carbons (Fsp3) is 0.583. The van der Waals surface area contributed by atoms with Crippen molar-refractivity contribution in [3.63, 3.8) is 0 Å². The van der Waals surface area contributed by atoms with Gasteiger partial charge in [0.2, 0.25) is 0 Å². The summed E-state index contributed by atoms with van der Waals surface area (Å²) in [5.74, 6) is -0.749. The quantitative estimate of drug-likeness (QED) is 0.448. The number of allylic oxidation sites excluding steroid dienone is 5. The molecule has 156 valence electrons. The maximum Gasteiger partial charge on any atom is 0.303 e. The van der Waals surface area contributed by atoms with Crippen molar-refractivity contribution in [1.82, 2.24) is 0 Å². The number of carbonyl (C=O) groups excluding carboxylic acids is 2. The molecule has 28 heavy (non-hydrogen) atoms. The van der Waals surface area contributed by atoms with Crippen LogP contribution in [0.3, 0.4) is 0 Å². The topological polar surface area (TPSA) is 52.6 Å². The predicted octanol–water partition coefficient (Wildman–Crippen LogP) is 5.85. The Morgan fingerprint density at radius 3 is 2.11 bits per heavy atom. The van der Waals surface area contributed by atoms with E-state index in [0.29, 0.717) is 0 Å². The predicted molar refractivity (Wildman–Crippen MR) is 114 cm³/mol. The molecule has 0 aromatic carbocycles. The summed E-state index contributed by atoms with van der Waals surface area (Å²) in [5.41, 5.74) is 4.70. The molecule has 1 aliphatic rings. The lowest BCUT2D eigenvalue weighted by Crippen LogP contribution is -2.28. The van der Waals surface area contributed by atoms with Crippen molar-refractivity contribution >= 4 is 11.9 Å². The van der Waals surface area contributed by atoms with E-state index in [0.717, 1.165) is 44.1 Å². The molecule has 4 nitrogen and oxygen atoms in total. The first-order valence-corrected chi connectivity index (χ1v) is 10.2. The van der Waals surface area contributed by atoms with Crippen LogP contribution in [0.25, 0.3) is 0 Å². The third-order valence-electron chi connectivity index (χ3n) is 5.05. The zero-order chi connectivity index (χ0) is 21.1. The minimum atomic E-state index is -0.402. The van der Waals surface area contributed by atoms with Gasteiger partial charge in [0, 0.05) is 19.8 Å². The maximum atomic E-state index is 11.7. The molecule has 1 rings (SSSR count). The van der Waals surface area contributed by atoms with Crippen molar-refractivity contribution in [2.24, 2.45) is 5.92 Å². The SMILES string of the molecule is C=C(COC(C)=O)[C@@H]1CC/C(C)=C/CC/C(C)=C/CC/C(C)=C/[C@@H]1OC(C)=O. The molecule has 0 heterocycles. The zero-order valence-electron chi connectivity index (χ0n) is 18.2. The van der Waals surface area contributed by atoms with Gasteiger partial charge >= 0.3 is 11.9 Å². The van der Waals surface area contributed by atoms with Gasteiger partial charge < -0.3 is 9.47 Å². The van der Waals surface area contributed by atoms with Crippen LogP contribution in [0.1, 0.15) is 73.1 Å². The lowest BCUT2D eigenvalue weighted by Gasteiger charge is -2.27. The van der Waals surface area contributed by atoms with E-state index >= 15 is 0 Å². The van der Waals surface area contributed by atoms with Crippen molar-refractivity contribution < 1.29 is 19.1 Å². The molecule has 0 aromatic heterocycles. The van der Waals surface area contributed by atoms with Gasteiger partial charge in [-0.3, -0.25) is 9.59 Å². The summed E-state index contributed by atoms with van der Waals surface area (Å²) in [4.78, 5) is 23.0. The molecule has 0 saturated carbocycles. The molecule has 0 saturated heterocycles. The van der Waals surface area contributed by atoms with Gasteiger partial charge in [-0.1, -0.05) is 35.5 Å². The first-order chi connectivity index (χ1) is 13.2. The molecule has 0 fully saturated rings. The van der Waals surface area contributed by atoms with Crippen LogP contribution in [0.15, 0.2) is 47.1 Å². The Kier molecular flexibility index (Phi) is 10.6. The van der Waals surface area contributed by atoms with Gasteiger partial charge in [-0.2, -0.15) is 0 Å². The summed E-state index contributed by atoms with van der Waals surface area (Å²) in [6.07, 6.45) is 11.9. The van der Waals surface area contributed by atoms with Gasteiger partial charge in [-0.15, -0.1) is 0 Å². The van der Waals surface area contributed by atoms with Crippen LogP contribution >= 0.6 is 0 Å². The van der Waals surface area contributed by atoms with E-state index in [-0.39, 0.29) is 24.5 Å². The second-order valence-electron chi connectivity index (χ2n) is 7.85. The average Bonchev–Trinajstić information content (AvgIpc) is 2.58. The number of esters is 2. The minimum Gasteiger partial charge on any atom is -0.461 e. The Labute approximate surface area is 170 Å². The molecular formula is C24H36O4. The molecule has 0 bridgehead atoms. The van der Waals surface area contributed by atoms with E-state index in [1.807, 2.05) is 6.08 Å². The van der Waals surface area contributed by atoms with E-state index in [2.05, 4.69) is 39.5 Å². The zero-order valence-corrected chi connectivity index (χ0v) is 18.2. The Bertz CT molecular complexity index is 652. The van der Waals surface area contributed by atoms with Crippen LogP contribution in [-0.2, 0) is 19.1 Å². The van der Waals surface area contributed by atoms with Crippen molar-refractivity contribution in [3.8, 4) is 0 Å². The Morgan fingerprint density at radius 2 is 1.54 bits per heavy atom. The highest BCUT2D eigenvalue weighted by Crippen LogP contribution is 2.28. The van der Waals surface area contributed by atoms with E-state index < -0.39 is 6.10 Å². The molecule has 0 aromatic rings. The summed E-state index contributed by atoms with van der Waals surface area (Å²) in [7, 11) is 0. The summed E-state index contributed by atoms with van der Waals surface area (Å²) < 4.78 is 10.8. The molecular weight excluding hydrogens is 352 g/mol. The Hall–Kier alpha value is -2.10. The average molecular weight is 389 g/mol. The summed E-state index contributed by atoms with van der Waals surface area (Å²) in [5, 5.41) is 0. The highest BCUT2D eigenvalue weighted by atomic mass is 16.5. The fourth-order valence-electron chi connectivity index (χ4n) is 3.37. The fourth-order valence-corrected chi connectivity index (χ4v) is 3.37. The van der Waals surface area contributed by atoms with Crippen LogP contribution in [-0.4, -0.2) is 24.6 Å². The molecule has 0 unspecified atom stereocenters. The third kappa shape index (κ3) is 9.72. The van der Waals surface area contributed by atoms with Crippen molar-refractivity contribution in [2.45, 2.75) is 79.2 Å². The van der Waals surface area contributed by atoms with Gasteiger partial charge in [0.25, 0.3) is 0 Å². The van der Waals surface area contributed by atoms with Crippen molar-refractivity contribution in [2.75, 3.05) is 6.61 Å². The smallest absolute Gasteiger partial charge is 0.303 e. The van der Waals surface area contributed by atoms with E-state index in [1.165, 1.54) is 30.6 Å². The third-order valence-corrected chi connectivity index (χ3v) is 5.05. The Balaban J connectivity index is 3.16. The minimum absolute atomic E-state index is 0.0956. The maximum absolute atomic E-state index is 11.7. The highest BCUT2D eigenvalue weighted by Gasteiger charge is 2.26. The highest BCUT2D eigenvalue weighted by molar-refractivity contribution is 5.66. The monoisotopic (exact) mass is 388 g/mol. The van der Waals surface area contributed by atoms with Crippen molar-refractivity contribution in [1.29, 1.82) is 0 Å². The Morgan fingerprint density at radius 1 is 0.964 bits per heavy atom. The normalized spacial score (nSPS) is 27.7. The van der Waals surface area contributed by atoms with Gasteiger partial charge in [-0.05, 0) is 70.9 Å². The van der Waals surface area contributed by atoms with Crippen LogP contribution in [0.4, 0.5) is 0 Å². The second-order valence-corrected chi connectivity index (χ2v) is 7.85. The van der Waals surface area contributed by atoms with Crippen LogP contribution in [0.2, 0.25) is 0 Å². The van der Waals surface area contributed by atoms with Gasteiger partial charge in [-0.25, -0.2) is 0 Å². The van der Waals surface area contributed by atoms with Crippen LogP contribution < -0.4 is 0 Å². The summed E-state index contributed by atoms with van der Waals surface area (Å²) >= 11 is 0. The van der Waals surface area contributed by atoms with Gasteiger partial charge in [0.05, 0.1) is 0 Å². The molecule has 0 amide bonds. The van der Waals surface area contributed by atoms with Crippen LogP contribution in [0, 0.1) is 5.92 Å². The van der Waals surface area contributed by atoms with Gasteiger partial charge in [0.15, 0.2) is 0 Å². The lowest BCUT2D eigenvalue weighted by molar-refractivity contribution is -0.147.